The van der Waals surface area contributed by atoms with Gasteiger partial charge < -0.3 is 9.64 Å². The summed E-state index contributed by atoms with van der Waals surface area (Å²) in [5.41, 5.74) is 5.77. The van der Waals surface area contributed by atoms with Crippen LogP contribution >= 0.6 is 0 Å². The molecule has 154 valence electrons. The third-order valence-corrected chi connectivity index (χ3v) is 5.33. The standard InChI is InChI=1S/C28H31NO/c1-4-27(23-13-9-7-10-14-23)28(24-15-11-8-12-16-24)25-17-19-26(20-18-25)30-22-21-29(5-2)6-3/h4,7-20H,1,5-6,21-22H2,2-3H3. The molecule has 2 heteroatoms. The molecule has 0 amide bonds. The third kappa shape index (κ3) is 5.49. The number of nitrogens with zero attached hydrogens (tertiary/aromatic N) is 1. The monoisotopic (exact) mass is 397 g/mol. The van der Waals surface area contributed by atoms with Gasteiger partial charge in [0.25, 0.3) is 0 Å². The first-order valence-corrected chi connectivity index (χ1v) is 10.7. The molecule has 30 heavy (non-hydrogen) atoms. The fourth-order valence-corrected chi connectivity index (χ4v) is 3.61. The van der Waals surface area contributed by atoms with Crippen LogP contribution in [0.2, 0.25) is 0 Å². The third-order valence-electron chi connectivity index (χ3n) is 5.33. The number of ether oxygens (including phenoxy) is 1. The van der Waals surface area contributed by atoms with E-state index in [0.717, 1.165) is 42.1 Å². The van der Waals surface area contributed by atoms with Gasteiger partial charge in [0.1, 0.15) is 12.4 Å². The Kier molecular flexibility index (Phi) is 8.05. The highest BCUT2D eigenvalue weighted by atomic mass is 16.5. The minimum Gasteiger partial charge on any atom is -0.492 e. The zero-order valence-corrected chi connectivity index (χ0v) is 18.1. The molecule has 0 saturated carbocycles. The summed E-state index contributed by atoms with van der Waals surface area (Å²) in [6.45, 7) is 12.2. The Labute approximate surface area is 181 Å². The normalized spacial score (nSPS) is 11.8. The van der Waals surface area contributed by atoms with Gasteiger partial charge in [0, 0.05) is 6.54 Å². The van der Waals surface area contributed by atoms with E-state index in [9.17, 15) is 0 Å². The molecular weight excluding hydrogens is 366 g/mol. The lowest BCUT2D eigenvalue weighted by molar-refractivity contribution is 0.223. The van der Waals surface area contributed by atoms with Gasteiger partial charge in [-0.3, -0.25) is 0 Å². The summed E-state index contributed by atoms with van der Waals surface area (Å²) < 4.78 is 5.97. The zero-order chi connectivity index (χ0) is 21.2. The molecule has 0 radical (unpaired) electrons. The highest BCUT2D eigenvalue weighted by Gasteiger charge is 2.12. The van der Waals surface area contributed by atoms with Crippen molar-refractivity contribution in [3.05, 3.63) is 114 Å². The maximum absolute atomic E-state index is 5.97. The van der Waals surface area contributed by atoms with Crippen molar-refractivity contribution >= 4 is 11.1 Å². The van der Waals surface area contributed by atoms with Crippen molar-refractivity contribution in [2.24, 2.45) is 0 Å². The Morgan fingerprint density at radius 3 is 1.83 bits per heavy atom. The summed E-state index contributed by atoms with van der Waals surface area (Å²) in [5, 5.41) is 0. The average Bonchev–Trinajstić information content (AvgIpc) is 2.82. The largest absolute Gasteiger partial charge is 0.492 e. The second kappa shape index (κ2) is 11.2. The average molecular weight is 398 g/mol. The number of rotatable bonds is 10. The van der Waals surface area contributed by atoms with Gasteiger partial charge in [0.05, 0.1) is 0 Å². The van der Waals surface area contributed by atoms with Crippen LogP contribution < -0.4 is 4.74 Å². The lowest BCUT2D eigenvalue weighted by atomic mass is 9.89. The minimum atomic E-state index is 0.699. The van der Waals surface area contributed by atoms with E-state index in [-0.39, 0.29) is 0 Å². The molecule has 0 spiro atoms. The van der Waals surface area contributed by atoms with Crippen LogP contribution in [0.15, 0.2) is 97.6 Å². The van der Waals surface area contributed by atoms with Crippen molar-refractivity contribution in [3.8, 4) is 5.75 Å². The molecule has 3 aromatic carbocycles. The highest BCUT2D eigenvalue weighted by molar-refractivity contribution is 6.02. The van der Waals surface area contributed by atoms with E-state index in [1.165, 1.54) is 11.1 Å². The number of hydrogen-bond acceptors (Lipinski definition) is 2. The van der Waals surface area contributed by atoms with Crippen molar-refractivity contribution in [2.45, 2.75) is 13.8 Å². The van der Waals surface area contributed by atoms with Gasteiger partial charge in [-0.2, -0.15) is 0 Å². The van der Waals surface area contributed by atoms with Gasteiger partial charge in [-0.1, -0.05) is 99.3 Å². The lowest BCUT2D eigenvalue weighted by Crippen LogP contribution is -2.27. The Balaban J connectivity index is 1.92. The lowest BCUT2D eigenvalue weighted by Gasteiger charge is -2.18. The minimum absolute atomic E-state index is 0.699. The van der Waals surface area contributed by atoms with Crippen LogP contribution in [-0.4, -0.2) is 31.1 Å². The first-order chi connectivity index (χ1) is 14.8. The Morgan fingerprint density at radius 2 is 1.30 bits per heavy atom. The fraction of sp³-hybridized carbons (Fsp3) is 0.214. The Morgan fingerprint density at radius 1 is 0.767 bits per heavy atom. The van der Waals surface area contributed by atoms with Crippen LogP contribution in [0.25, 0.3) is 11.1 Å². The van der Waals surface area contributed by atoms with Crippen molar-refractivity contribution in [1.82, 2.24) is 4.90 Å². The van der Waals surface area contributed by atoms with Crippen LogP contribution in [-0.2, 0) is 0 Å². The molecule has 0 N–H and O–H groups in total. The summed E-state index contributed by atoms with van der Waals surface area (Å²) in [4.78, 5) is 2.36. The smallest absolute Gasteiger partial charge is 0.119 e. The maximum atomic E-state index is 5.97. The zero-order valence-electron chi connectivity index (χ0n) is 18.1. The van der Waals surface area contributed by atoms with Gasteiger partial charge in [0.2, 0.25) is 0 Å². The van der Waals surface area contributed by atoms with E-state index < -0.39 is 0 Å². The predicted molar refractivity (Wildman–Crippen MR) is 129 cm³/mol. The Hall–Kier alpha value is -3.10. The highest BCUT2D eigenvalue weighted by Crippen LogP contribution is 2.33. The molecule has 0 aromatic heterocycles. The summed E-state index contributed by atoms with van der Waals surface area (Å²) in [6.07, 6.45) is 1.95. The molecule has 3 aromatic rings. The summed E-state index contributed by atoms with van der Waals surface area (Å²) >= 11 is 0. The second-order valence-electron chi connectivity index (χ2n) is 7.12. The molecule has 0 aliphatic rings. The molecule has 0 aliphatic heterocycles. The van der Waals surface area contributed by atoms with Gasteiger partial charge >= 0.3 is 0 Å². The van der Waals surface area contributed by atoms with Crippen molar-refractivity contribution in [3.63, 3.8) is 0 Å². The van der Waals surface area contributed by atoms with Crippen LogP contribution in [0, 0.1) is 0 Å². The van der Waals surface area contributed by atoms with Crippen LogP contribution in [0.3, 0.4) is 0 Å². The van der Waals surface area contributed by atoms with Gasteiger partial charge in [-0.05, 0) is 53.1 Å². The molecule has 2 nitrogen and oxygen atoms in total. The first-order valence-electron chi connectivity index (χ1n) is 10.7. The van der Waals surface area contributed by atoms with E-state index in [2.05, 4.69) is 98.1 Å². The van der Waals surface area contributed by atoms with Crippen LogP contribution in [0.5, 0.6) is 5.75 Å². The van der Waals surface area contributed by atoms with E-state index >= 15 is 0 Å². The van der Waals surface area contributed by atoms with Crippen LogP contribution in [0.4, 0.5) is 0 Å². The summed E-state index contributed by atoms with van der Waals surface area (Å²) in [5.74, 6) is 0.901. The quantitative estimate of drug-likeness (QED) is 0.284. The van der Waals surface area contributed by atoms with Crippen LogP contribution in [0.1, 0.15) is 30.5 Å². The molecule has 0 bridgehead atoms. The van der Waals surface area contributed by atoms with E-state index in [4.69, 9.17) is 4.74 Å². The number of likely N-dealkylation sites (N-methyl/N-ethyl adjacent to an activating group) is 1. The number of allylic oxidation sites excluding steroid dienone is 2. The first kappa shape index (κ1) is 21.6. The second-order valence-corrected chi connectivity index (χ2v) is 7.12. The fourth-order valence-electron chi connectivity index (χ4n) is 3.61. The molecule has 0 unspecified atom stereocenters. The summed E-state index contributed by atoms with van der Waals surface area (Å²) in [7, 11) is 0. The molecule has 0 heterocycles. The molecule has 0 fully saturated rings. The topological polar surface area (TPSA) is 12.5 Å². The molecule has 0 atom stereocenters. The van der Waals surface area contributed by atoms with E-state index in [1.54, 1.807) is 0 Å². The molecule has 3 rings (SSSR count). The van der Waals surface area contributed by atoms with Crippen molar-refractivity contribution in [2.75, 3.05) is 26.2 Å². The van der Waals surface area contributed by atoms with Gasteiger partial charge in [-0.15, -0.1) is 0 Å². The molecule has 0 aliphatic carbocycles. The van der Waals surface area contributed by atoms with E-state index in [1.807, 2.05) is 18.2 Å². The number of benzene rings is 3. The van der Waals surface area contributed by atoms with Gasteiger partial charge in [0.15, 0.2) is 0 Å². The number of hydrogen-bond donors (Lipinski definition) is 0. The van der Waals surface area contributed by atoms with Crippen molar-refractivity contribution < 1.29 is 4.74 Å². The van der Waals surface area contributed by atoms with Crippen molar-refractivity contribution in [1.29, 1.82) is 0 Å². The molecular formula is C28H31NO. The van der Waals surface area contributed by atoms with Gasteiger partial charge in [-0.25, -0.2) is 0 Å². The predicted octanol–water partition coefficient (Wildman–Crippen LogP) is 6.55. The van der Waals surface area contributed by atoms with E-state index in [0.29, 0.717) is 6.61 Å². The SMILES string of the molecule is C=CC(=C(c1ccccc1)c1ccc(OCCN(CC)CC)cc1)c1ccccc1. The molecule has 0 saturated heterocycles. The summed E-state index contributed by atoms with van der Waals surface area (Å²) in [6, 6.07) is 29.3. The Bertz CT molecular complexity index is 939. The maximum Gasteiger partial charge on any atom is 0.119 e.